The molecule has 4 nitrogen and oxygen atoms in total. The maximum absolute atomic E-state index is 13.3. The van der Waals surface area contributed by atoms with Crippen LogP contribution in [0.3, 0.4) is 0 Å². The maximum atomic E-state index is 13.3. The molecule has 0 atom stereocenters. The molecular formula is C29H31NO3. The lowest BCUT2D eigenvalue weighted by atomic mass is 9.73. The summed E-state index contributed by atoms with van der Waals surface area (Å²) in [6, 6.07) is 12.1. The number of ketones is 1. The van der Waals surface area contributed by atoms with Gasteiger partial charge in [-0.05, 0) is 67.8 Å². The molecule has 0 aliphatic heterocycles. The van der Waals surface area contributed by atoms with Crippen molar-refractivity contribution in [3.05, 3.63) is 93.9 Å². The molecule has 1 N–H and O–H groups in total. The summed E-state index contributed by atoms with van der Waals surface area (Å²) in [6.45, 7) is 14.5. The minimum Gasteiger partial charge on any atom is -0.506 e. The molecule has 33 heavy (non-hydrogen) atoms. The molecule has 170 valence electrons. The number of hydrogen-bond acceptors (Lipinski definition) is 3. The number of Topliss-reactive ketones (excluding diaryl/α,β-unsaturated/α-hetero) is 1. The number of methoxy groups -OCH3 is 1. The summed E-state index contributed by atoms with van der Waals surface area (Å²) in [5.41, 5.74) is 7.10. The smallest absolute Gasteiger partial charge is 0.201 e. The van der Waals surface area contributed by atoms with Gasteiger partial charge in [-0.25, -0.2) is 0 Å². The zero-order chi connectivity index (χ0) is 24.2. The van der Waals surface area contributed by atoms with E-state index in [0.717, 1.165) is 50.2 Å². The van der Waals surface area contributed by atoms with E-state index in [9.17, 15) is 9.90 Å². The standard InChI is InChI=1S/C29H31NO3/c1-16-9-12-24-21(13-16)25(19(4)30(24)7)26-27(31)22(28(26)32)14-18(3)29(5,6)23-15-20(33-8)11-10-17(23)2/h9-15,31H,3H2,1-2,4-8H3/b22-14-. The number of benzene rings is 2. The minimum atomic E-state index is -0.450. The van der Waals surface area contributed by atoms with Crippen LogP contribution in [0.15, 0.2) is 66.0 Å². The highest BCUT2D eigenvalue weighted by Crippen LogP contribution is 2.44. The average Bonchev–Trinajstić information content (AvgIpc) is 3.01. The molecule has 0 radical (unpaired) electrons. The lowest BCUT2D eigenvalue weighted by molar-refractivity contribution is -0.111. The van der Waals surface area contributed by atoms with Gasteiger partial charge in [0.25, 0.3) is 0 Å². The SMILES string of the molecule is C=C(/C=C1\C(=O)C(c2c(C)n(C)c3ccc(C)cc23)=C1O)C(C)(C)c1cc(OC)ccc1C. The number of aliphatic hydroxyl groups excluding tert-OH is 1. The molecule has 4 heteroatoms. The second kappa shape index (κ2) is 7.80. The van der Waals surface area contributed by atoms with Crippen molar-refractivity contribution in [1.29, 1.82) is 0 Å². The molecule has 1 aliphatic rings. The summed E-state index contributed by atoms with van der Waals surface area (Å²) in [6.07, 6.45) is 1.73. The molecular weight excluding hydrogens is 410 g/mol. The van der Waals surface area contributed by atoms with Crippen molar-refractivity contribution >= 4 is 22.3 Å². The van der Waals surface area contributed by atoms with Crippen LogP contribution in [0.5, 0.6) is 5.75 Å². The zero-order valence-corrected chi connectivity index (χ0v) is 20.5. The summed E-state index contributed by atoms with van der Waals surface area (Å²) >= 11 is 0. The van der Waals surface area contributed by atoms with Crippen LogP contribution in [0.25, 0.3) is 16.5 Å². The van der Waals surface area contributed by atoms with E-state index in [1.54, 1.807) is 13.2 Å². The van der Waals surface area contributed by atoms with Crippen molar-refractivity contribution in [2.75, 3.05) is 7.11 Å². The fraction of sp³-hybridized carbons (Fsp3) is 0.276. The van der Waals surface area contributed by atoms with Crippen LogP contribution in [-0.2, 0) is 17.3 Å². The van der Waals surface area contributed by atoms with Gasteiger partial charge in [-0.15, -0.1) is 0 Å². The predicted octanol–water partition coefficient (Wildman–Crippen LogP) is 6.42. The summed E-state index contributed by atoms with van der Waals surface area (Å²) in [4.78, 5) is 13.3. The van der Waals surface area contributed by atoms with Crippen LogP contribution in [-0.4, -0.2) is 22.6 Å². The van der Waals surface area contributed by atoms with Gasteiger partial charge in [0.2, 0.25) is 5.78 Å². The lowest BCUT2D eigenvalue weighted by Gasteiger charge is -2.30. The largest absolute Gasteiger partial charge is 0.506 e. The Balaban J connectivity index is 1.77. The molecule has 1 aliphatic carbocycles. The third-order valence-electron chi connectivity index (χ3n) is 7.10. The van der Waals surface area contributed by atoms with E-state index in [1.165, 1.54) is 0 Å². The summed E-state index contributed by atoms with van der Waals surface area (Å²) in [5, 5.41) is 12.0. The van der Waals surface area contributed by atoms with Gasteiger partial charge in [-0.3, -0.25) is 4.79 Å². The molecule has 0 fully saturated rings. The molecule has 0 unspecified atom stereocenters. The van der Waals surface area contributed by atoms with Crippen molar-refractivity contribution in [3.8, 4) is 5.75 Å². The van der Waals surface area contributed by atoms with Gasteiger partial charge in [-0.1, -0.05) is 38.1 Å². The van der Waals surface area contributed by atoms with Crippen molar-refractivity contribution in [2.24, 2.45) is 7.05 Å². The van der Waals surface area contributed by atoms with E-state index < -0.39 is 5.41 Å². The molecule has 0 bridgehead atoms. The Hall–Kier alpha value is -3.53. The fourth-order valence-corrected chi connectivity index (χ4v) is 4.72. The molecule has 0 saturated heterocycles. The Morgan fingerprint density at radius 3 is 2.45 bits per heavy atom. The number of aryl methyl sites for hydroxylation is 3. The Kier molecular flexibility index (Phi) is 5.36. The first-order valence-corrected chi connectivity index (χ1v) is 11.1. The van der Waals surface area contributed by atoms with Crippen LogP contribution >= 0.6 is 0 Å². The number of carbonyl (C=O) groups is 1. The Labute approximate surface area is 195 Å². The van der Waals surface area contributed by atoms with Gasteiger partial charge < -0.3 is 14.4 Å². The Morgan fingerprint density at radius 2 is 1.82 bits per heavy atom. The van der Waals surface area contributed by atoms with Crippen molar-refractivity contribution in [3.63, 3.8) is 0 Å². The number of allylic oxidation sites excluding steroid dienone is 4. The van der Waals surface area contributed by atoms with Gasteiger partial charge in [0.05, 0.1) is 18.3 Å². The molecule has 4 rings (SSSR count). The van der Waals surface area contributed by atoms with Gasteiger partial charge in [0.1, 0.15) is 11.5 Å². The molecule has 2 aromatic carbocycles. The van der Waals surface area contributed by atoms with E-state index >= 15 is 0 Å². The zero-order valence-electron chi connectivity index (χ0n) is 20.5. The normalized spacial score (nSPS) is 15.4. The topological polar surface area (TPSA) is 51.5 Å². The second-order valence-electron chi connectivity index (χ2n) is 9.48. The summed E-state index contributed by atoms with van der Waals surface area (Å²) in [5.74, 6) is 0.663. The molecule has 3 aromatic rings. The highest BCUT2D eigenvalue weighted by atomic mass is 16.5. The first-order chi connectivity index (χ1) is 15.5. The molecule has 0 amide bonds. The molecule has 0 spiro atoms. The van der Waals surface area contributed by atoms with Crippen molar-refractivity contribution in [2.45, 2.75) is 40.0 Å². The molecule has 0 saturated carbocycles. The average molecular weight is 442 g/mol. The van der Waals surface area contributed by atoms with Crippen LogP contribution in [0, 0.1) is 20.8 Å². The molecule has 1 aromatic heterocycles. The first-order valence-electron chi connectivity index (χ1n) is 11.1. The minimum absolute atomic E-state index is 0.0384. The van der Waals surface area contributed by atoms with Crippen LogP contribution in [0.1, 0.15) is 41.8 Å². The number of carbonyl (C=O) groups excluding carboxylic acids is 1. The van der Waals surface area contributed by atoms with Crippen LogP contribution in [0.2, 0.25) is 0 Å². The van der Waals surface area contributed by atoms with E-state index in [-0.39, 0.29) is 11.5 Å². The molecule has 1 heterocycles. The lowest BCUT2D eigenvalue weighted by Crippen LogP contribution is -2.25. The number of ether oxygens (including phenoxy) is 1. The van der Waals surface area contributed by atoms with E-state index in [1.807, 2.05) is 46.0 Å². The number of hydrogen-bond donors (Lipinski definition) is 1. The van der Waals surface area contributed by atoms with Gasteiger partial charge in [-0.2, -0.15) is 0 Å². The quantitative estimate of drug-likeness (QED) is 0.465. The number of aliphatic hydroxyl groups is 1. The maximum Gasteiger partial charge on any atom is 0.201 e. The Morgan fingerprint density at radius 1 is 1.12 bits per heavy atom. The highest BCUT2D eigenvalue weighted by Gasteiger charge is 2.38. The highest BCUT2D eigenvalue weighted by molar-refractivity contribution is 6.40. The van der Waals surface area contributed by atoms with Crippen LogP contribution in [0.4, 0.5) is 0 Å². The number of rotatable bonds is 5. The van der Waals surface area contributed by atoms with Gasteiger partial charge >= 0.3 is 0 Å². The predicted molar refractivity (Wildman–Crippen MR) is 135 cm³/mol. The summed E-state index contributed by atoms with van der Waals surface area (Å²) < 4.78 is 7.47. The monoisotopic (exact) mass is 441 g/mol. The fourth-order valence-electron chi connectivity index (χ4n) is 4.72. The third kappa shape index (κ3) is 3.41. The van der Waals surface area contributed by atoms with E-state index in [0.29, 0.717) is 11.1 Å². The summed E-state index contributed by atoms with van der Waals surface area (Å²) in [7, 11) is 3.63. The Bertz CT molecular complexity index is 1400. The van der Waals surface area contributed by atoms with E-state index in [4.69, 9.17) is 4.74 Å². The van der Waals surface area contributed by atoms with Crippen LogP contribution < -0.4 is 4.74 Å². The number of aromatic nitrogens is 1. The second-order valence-corrected chi connectivity index (χ2v) is 9.48. The first kappa shape index (κ1) is 22.7. The third-order valence-corrected chi connectivity index (χ3v) is 7.10. The van der Waals surface area contributed by atoms with E-state index in [2.05, 4.69) is 43.2 Å². The number of fused-ring (bicyclic) bond motifs is 1. The van der Waals surface area contributed by atoms with Gasteiger partial charge in [0.15, 0.2) is 0 Å². The van der Waals surface area contributed by atoms with Crippen molar-refractivity contribution in [1.82, 2.24) is 4.57 Å². The number of nitrogens with zero attached hydrogens (tertiary/aromatic N) is 1. The van der Waals surface area contributed by atoms with Crippen molar-refractivity contribution < 1.29 is 14.6 Å². The van der Waals surface area contributed by atoms with Gasteiger partial charge in [0, 0.05) is 34.6 Å².